The molecule has 0 aliphatic rings. The first kappa shape index (κ1) is 30.0. The number of carbonyl (C=O) groups is 1. The van der Waals surface area contributed by atoms with Gasteiger partial charge in [0.1, 0.15) is 5.52 Å². The lowest BCUT2D eigenvalue weighted by molar-refractivity contribution is 0.143. The van der Waals surface area contributed by atoms with E-state index in [9.17, 15) is 13.2 Å². The Hall–Kier alpha value is -3.94. The van der Waals surface area contributed by atoms with Crippen LogP contribution in [0.2, 0.25) is 5.02 Å². The van der Waals surface area contributed by atoms with Gasteiger partial charge in [0.25, 0.3) is 0 Å². The number of unbranched alkanes of at least 4 members (excludes halogenated alkanes) is 1. The standard InChI is InChI=1S/C27H32ClN7O5S/c1-2-14-39-26-33-24(29)23-25(34-26)35(18-31-23)13-3-4-15-40-27(36)30-16-19-7-11-22(12-8-19)41(37,38)32-17-20-5-9-21(28)10-6-20/h5-12,18,32H,2-4,13-17H2,1H3,(H,30,36)(H2,29,33,34). The highest BCUT2D eigenvalue weighted by Gasteiger charge is 2.14. The fourth-order valence-electron chi connectivity index (χ4n) is 3.79. The third-order valence-electron chi connectivity index (χ3n) is 5.98. The molecule has 41 heavy (non-hydrogen) atoms. The first-order valence-electron chi connectivity index (χ1n) is 13.1. The number of benzene rings is 2. The van der Waals surface area contributed by atoms with Gasteiger partial charge in [-0.2, -0.15) is 9.97 Å². The number of rotatable bonds is 14. The minimum Gasteiger partial charge on any atom is -0.463 e. The van der Waals surface area contributed by atoms with Crippen LogP contribution in [0.1, 0.15) is 37.3 Å². The van der Waals surface area contributed by atoms with Crippen LogP contribution in [0.15, 0.2) is 59.8 Å². The van der Waals surface area contributed by atoms with Crippen molar-refractivity contribution in [3.8, 4) is 6.01 Å². The molecule has 0 saturated heterocycles. The summed E-state index contributed by atoms with van der Waals surface area (Å²) in [7, 11) is -3.69. The van der Waals surface area contributed by atoms with Gasteiger partial charge in [-0.15, -0.1) is 0 Å². The van der Waals surface area contributed by atoms with Gasteiger partial charge in [0.15, 0.2) is 11.5 Å². The number of hydrogen-bond acceptors (Lipinski definition) is 9. The zero-order chi connectivity index (χ0) is 29.2. The van der Waals surface area contributed by atoms with Crippen LogP contribution >= 0.6 is 11.6 Å². The van der Waals surface area contributed by atoms with Gasteiger partial charge < -0.3 is 25.1 Å². The molecule has 4 aromatic rings. The predicted octanol–water partition coefficient (Wildman–Crippen LogP) is 4.04. The number of nitrogens with two attached hydrogens (primary N) is 1. The Kier molecular flexibility index (Phi) is 10.3. The second-order valence-corrected chi connectivity index (χ2v) is 11.3. The van der Waals surface area contributed by atoms with Gasteiger partial charge in [0, 0.05) is 24.7 Å². The average Bonchev–Trinajstić information content (AvgIpc) is 3.38. The number of halogens is 1. The van der Waals surface area contributed by atoms with E-state index < -0.39 is 16.1 Å². The lowest BCUT2D eigenvalue weighted by atomic mass is 10.2. The van der Waals surface area contributed by atoms with Crippen LogP contribution in [0.3, 0.4) is 0 Å². The monoisotopic (exact) mass is 601 g/mol. The Balaban J connectivity index is 1.17. The van der Waals surface area contributed by atoms with Gasteiger partial charge in [0.05, 0.1) is 24.4 Å². The Morgan fingerprint density at radius 2 is 1.71 bits per heavy atom. The molecular weight excluding hydrogens is 570 g/mol. The number of amides is 1. The van der Waals surface area contributed by atoms with Crippen molar-refractivity contribution in [3.63, 3.8) is 0 Å². The number of aromatic nitrogens is 4. The Bertz CT molecular complexity index is 1560. The molecule has 4 rings (SSSR count). The van der Waals surface area contributed by atoms with Gasteiger partial charge in [-0.1, -0.05) is 42.8 Å². The van der Waals surface area contributed by atoms with Gasteiger partial charge in [0.2, 0.25) is 10.0 Å². The maximum absolute atomic E-state index is 12.6. The average molecular weight is 602 g/mol. The minimum atomic E-state index is -3.69. The van der Waals surface area contributed by atoms with Gasteiger partial charge in [-0.25, -0.2) is 22.9 Å². The lowest BCUT2D eigenvalue weighted by Gasteiger charge is -2.10. The van der Waals surface area contributed by atoms with Crippen LogP contribution in [0.25, 0.3) is 11.2 Å². The highest BCUT2D eigenvalue weighted by molar-refractivity contribution is 7.89. The van der Waals surface area contributed by atoms with E-state index >= 15 is 0 Å². The molecule has 12 nitrogen and oxygen atoms in total. The molecule has 0 bridgehead atoms. The number of carbonyl (C=O) groups excluding carboxylic acids is 1. The second-order valence-electron chi connectivity index (χ2n) is 9.14. The quantitative estimate of drug-likeness (QED) is 0.181. The molecule has 14 heteroatoms. The van der Waals surface area contributed by atoms with E-state index in [1.165, 1.54) is 12.1 Å². The van der Waals surface area contributed by atoms with Gasteiger partial charge in [-0.05, 0) is 54.7 Å². The number of anilines is 1. The molecule has 0 unspecified atom stereocenters. The SMILES string of the molecule is CCCOc1nc(N)c2ncn(CCCCOC(=O)NCc3ccc(S(=O)(=O)NCc4ccc(Cl)cc4)cc3)c2n1. The molecular formula is C27H32ClN7O5S. The predicted molar refractivity (Wildman–Crippen MR) is 155 cm³/mol. The fourth-order valence-corrected chi connectivity index (χ4v) is 4.94. The molecule has 218 valence electrons. The number of nitrogen functional groups attached to an aromatic ring is 1. The van der Waals surface area contributed by atoms with Crippen molar-refractivity contribution in [1.82, 2.24) is 29.6 Å². The van der Waals surface area contributed by atoms with Crippen molar-refractivity contribution >= 4 is 44.7 Å². The first-order chi connectivity index (χ1) is 19.7. The molecule has 0 atom stereocenters. The number of nitrogens with one attached hydrogen (secondary N) is 2. The van der Waals surface area contributed by atoms with E-state index in [1.807, 2.05) is 11.5 Å². The number of hydrogen-bond donors (Lipinski definition) is 3. The molecule has 0 aliphatic heterocycles. The Morgan fingerprint density at radius 1 is 1.00 bits per heavy atom. The molecule has 4 N–H and O–H groups in total. The number of nitrogens with zero attached hydrogens (tertiary/aromatic N) is 4. The highest BCUT2D eigenvalue weighted by Crippen LogP contribution is 2.20. The van der Waals surface area contributed by atoms with E-state index in [0.29, 0.717) is 35.8 Å². The number of ether oxygens (including phenoxy) is 2. The van der Waals surface area contributed by atoms with Crippen LogP contribution in [-0.4, -0.2) is 47.2 Å². The summed E-state index contributed by atoms with van der Waals surface area (Å²) in [5, 5.41) is 3.25. The zero-order valence-electron chi connectivity index (χ0n) is 22.5. The fraction of sp³-hybridized carbons (Fsp3) is 0.333. The summed E-state index contributed by atoms with van der Waals surface area (Å²) in [5.74, 6) is 0.266. The molecule has 0 saturated carbocycles. The summed E-state index contributed by atoms with van der Waals surface area (Å²) in [5.41, 5.74) is 8.62. The van der Waals surface area contributed by atoms with Crippen molar-refractivity contribution in [3.05, 3.63) is 71.0 Å². The maximum Gasteiger partial charge on any atom is 0.407 e. The van der Waals surface area contributed by atoms with Gasteiger partial charge >= 0.3 is 12.1 Å². The summed E-state index contributed by atoms with van der Waals surface area (Å²) in [4.78, 5) is 25.0. The topological polar surface area (TPSA) is 163 Å². The third kappa shape index (κ3) is 8.52. The normalized spacial score (nSPS) is 11.5. The molecule has 0 radical (unpaired) electrons. The number of alkyl carbamates (subject to hydrolysis) is 1. The molecule has 2 aromatic carbocycles. The second kappa shape index (κ2) is 14.1. The van der Waals surface area contributed by atoms with Crippen LogP contribution in [-0.2, 0) is 34.4 Å². The van der Waals surface area contributed by atoms with Crippen LogP contribution in [0, 0.1) is 0 Å². The van der Waals surface area contributed by atoms with Gasteiger partial charge in [-0.3, -0.25) is 0 Å². The molecule has 0 aliphatic carbocycles. The van der Waals surface area contributed by atoms with Crippen molar-refractivity contribution in [2.45, 2.75) is 50.7 Å². The smallest absolute Gasteiger partial charge is 0.407 e. The van der Waals surface area contributed by atoms with Crippen LogP contribution in [0.4, 0.5) is 10.6 Å². The Morgan fingerprint density at radius 3 is 2.44 bits per heavy atom. The third-order valence-corrected chi connectivity index (χ3v) is 7.65. The Labute approximate surface area is 243 Å². The molecule has 0 fully saturated rings. The van der Waals surface area contributed by atoms with Crippen LogP contribution < -0.4 is 20.5 Å². The van der Waals surface area contributed by atoms with E-state index in [1.54, 1.807) is 42.7 Å². The summed E-state index contributed by atoms with van der Waals surface area (Å²) in [6, 6.07) is 13.4. The largest absolute Gasteiger partial charge is 0.463 e. The van der Waals surface area contributed by atoms with E-state index in [2.05, 4.69) is 25.0 Å². The lowest BCUT2D eigenvalue weighted by Crippen LogP contribution is -2.25. The van der Waals surface area contributed by atoms with Crippen molar-refractivity contribution in [2.75, 3.05) is 18.9 Å². The van der Waals surface area contributed by atoms with E-state index in [0.717, 1.165) is 24.0 Å². The molecule has 1 amide bonds. The summed E-state index contributed by atoms with van der Waals surface area (Å²) >= 11 is 5.86. The number of imidazole rings is 1. The van der Waals surface area contributed by atoms with Crippen LogP contribution in [0.5, 0.6) is 6.01 Å². The summed E-state index contributed by atoms with van der Waals surface area (Å²) in [6.45, 7) is 3.67. The number of sulfonamides is 1. The zero-order valence-corrected chi connectivity index (χ0v) is 24.1. The summed E-state index contributed by atoms with van der Waals surface area (Å²) < 4.78 is 40.3. The van der Waals surface area contributed by atoms with E-state index in [4.69, 9.17) is 26.8 Å². The minimum absolute atomic E-state index is 0.127. The maximum atomic E-state index is 12.6. The molecule has 2 aromatic heterocycles. The van der Waals surface area contributed by atoms with Crippen molar-refractivity contribution in [2.24, 2.45) is 0 Å². The van der Waals surface area contributed by atoms with Crippen molar-refractivity contribution in [1.29, 1.82) is 0 Å². The summed E-state index contributed by atoms with van der Waals surface area (Å²) in [6.07, 6.45) is 3.27. The number of fused-ring (bicyclic) bond motifs is 1. The highest BCUT2D eigenvalue weighted by atomic mass is 35.5. The first-order valence-corrected chi connectivity index (χ1v) is 15.0. The van der Waals surface area contributed by atoms with E-state index in [-0.39, 0.29) is 36.4 Å². The molecule has 2 heterocycles. The molecule has 0 spiro atoms. The number of aryl methyl sites for hydroxylation is 1. The van der Waals surface area contributed by atoms with Crippen molar-refractivity contribution < 1.29 is 22.7 Å².